The normalized spacial score (nSPS) is 10.8. The minimum atomic E-state index is -0.375. The van der Waals surface area contributed by atoms with Crippen LogP contribution in [0.2, 0.25) is 5.02 Å². The number of hydrogen-bond donors (Lipinski definition) is 0. The lowest BCUT2D eigenvalue weighted by molar-refractivity contribution is 0.0988. The van der Waals surface area contributed by atoms with Crippen LogP contribution in [-0.4, -0.2) is 37.0 Å². The number of rotatable bonds is 5. The first kappa shape index (κ1) is 22.4. The third-order valence-corrected chi connectivity index (χ3v) is 5.66. The number of fused-ring (bicyclic) bond motifs is 1. The van der Waals surface area contributed by atoms with Crippen molar-refractivity contribution in [2.75, 3.05) is 26.2 Å². The lowest BCUT2D eigenvalue weighted by Crippen LogP contribution is -2.32. The van der Waals surface area contributed by atoms with Gasteiger partial charge in [0, 0.05) is 41.3 Å². The van der Waals surface area contributed by atoms with Gasteiger partial charge in [-0.3, -0.25) is 9.59 Å². The van der Waals surface area contributed by atoms with Crippen LogP contribution >= 0.6 is 11.6 Å². The largest absolute Gasteiger partial charge is 0.497 e. The van der Waals surface area contributed by atoms with E-state index in [9.17, 15) is 9.59 Å². The van der Waals surface area contributed by atoms with Gasteiger partial charge < -0.3 is 14.4 Å². The molecule has 168 valence electrons. The maximum absolute atomic E-state index is 13.6. The summed E-state index contributed by atoms with van der Waals surface area (Å²) >= 11 is 6.17. The second-order valence-electron chi connectivity index (χ2n) is 7.48. The molecule has 1 aromatic heterocycles. The highest BCUT2D eigenvalue weighted by molar-refractivity contribution is 6.31. The molecule has 0 aliphatic rings. The number of carbonyl (C=O) groups is 1. The number of aromatic nitrogens is 2. The molecule has 0 N–H and O–H groups in total. The average Bonchev–Trinajstić information content (AvgIpc) is 2.84. The molecule has 8 heteroatoms. The number of amides is 1. The Morgan fingerprint density at radius 2 is 1.61 bits per heavy atom. The Balaban J connectivity index is 1.95. The van der Waals surface area contributed by atoms with Gasteiger partial charge in [0.25, 0.3) is 11.5 Å². The number of halogens is 1. The van der Waals surface area contributed by atoms with Crippen LogP contribution in [0, 0.1) is 6.92 Å². The molecule has 1 amide bonds. The number of nitrogens with zero attached hydrogens (tertiary/aromatic N) is 3. The van der Waals surface area contributed by atoms with E-state index in [1.807, 2.05) is 13.0 Å². The molecule has 4 aromatic rings. The monoisotopic (exact) mass is 463 g/mol. The summed E-state index contributed by atoms with van der Waals surface area (Å²) < 4.78 is 11.9. The third-order valence-electron chi connectivity index (χ3n) is 5.43. The summed E-state index contributed by atoms with van der Waals surface area (Å²) in [5, 5.41) is 5.84. The minimum absolute atomic E-state index is 0.133. The van der Waals surface area contributed by atoms with Crippen molar-refractivity contribution in [2.24, 2.45) is 0 Å². The molecule has 33 heavy (non-hydrogen) atoms. The van der Waals surface area contributed by atoms with E-state index in [4.69, 9.17) is 21.1 Å². The third kappa shape index (κ3) is 4.15. The van der Waals surface area contributed by atoms with E-state index < -0.39 is 0 Å². The standard InChI is InChI=1S/C25H22ClN3O4/c1-15-9-10-16(26)11-22(15)28(2)25(31)23-20-7-5-6-8-21(20)24(30)29(27-23)17-12-18(32-3)14-19(13-17)33-4/h5-14H,1-4H3. The maximum Gasteiger partial charge on any atom is 0.279 e. The number of ether oxygens (including phenoxy) is 2. The molecule has 0 fully saturated rings. The number of benzene rings is 3. The minimum Gasteiger partial charge on any atom is -0.497 e. The van der Waals surface area contributed by atoms with Crippen LogP contribution in [0.5, 0.6) is 11.5 Å². The molecule has 1 heterocycles. The van der Waals surface area contributed by atoms with Crippen molar-refractivity contribution in [3.63, 3.8) is 0 Å². The first-order valence-electron chi connectivity index (χ1n) is 10.1. The van der Waals surface area contributed by atoms with Gasteiger partial charge in [-0.2, -0.15) is 9.78 Å². The zero-order valence-corrected chi connectivity index (χ0v) is 19.4. The van der Waals surface area contributed by atoms with Crippen molar-refractivity contribution in [3.8, 4) is 17.2 Å². The van der Waals surface area contributed by atoms with Crippen LogP contribution in [0.1, 0.15) is 16.1 Å². The van der Waals surface area contributed by atoms with Crippen LogP contribution in [-0.2, 0) is 0 Å². The summed E-state index contributed by atoms with van der Waals surface area (Å²) in [7, 11) is 4.69. The van der Waals surface area contributed by atoms with E-state index in [1.54, 1.807) is 61.6 Å². The highest BCUT2D eigenvalue weighted by Crippen LogP contribution is 2.27. The van der Waals surface area contributed by atoms with Crippen LogP contribution in [0.15, 0.2) is 65.5 Å². The van der Waals surface area contributed by atoms with Gasteiger partial charge in [0.15, 0.2) is 5.69 Å². The fraction of sp³-hybridized carbons (Fsp3) is 0.160. The molecule has 0 saturated heterocycles. The molecular weight excluding hydrogens is 442 g/mol. The van der Waals surface area contributed by atoms with Crippen LogP contribution in [0.25, 0.3) is 16.5 Å². The van der Waals surface area contributed by atoms with Crippen molar-refractivity contribution in [1.29, 1.82) is 0 Å². The second kappa shape index (κ2) is 8.96. The quantitative estimate of drug-likeness (QED) is 0.431. The maximum atomic E-state index is 13.6. The Bertz CT molecular complexity index is 1410. The topological polar surface area (TPSA) is 73.7 Å². The van der Waals surface area contributed by atoms with E-state index >= 15 is 0 Å². The van der Waals surface area contributed by atoms with Crippen LogP contribution in [0.4, 0.5) is 5.69 Å². The van der Waals surface area contributed by atoms with E-state index in [0.29, 0.717) is 38.7 Å². The van der Waals surface area contributed by atoms with E-state index in [-0.39, 0.29) is 17.2 Å². The Hall–Kier alpha value is -3.84. The SMILES string of the molecule is COc1cc(OC)cc(-n2nc(C(=O)N(C)c3cc(Cl)ccc3C)c3ccccc3c2=O)c1. The average molecular weight is 464 g/mol. The van der Waals surface area contributed by atoms with Crippen molar-refractivity contribution in [1.82, 2.24) is 9.78 Å². The van der Waals surface area contributed by atoms with Crippen molar-refractivity contribution < 1.29 is 14.3 Å². The molecule has 0 spiro atoms. The Kier molecular flexibility index (Phi) is 6.07. The van der Waals surface area contributed by atoms with Gasteiger partial charge in [-0.1, -0.05) is 35.9 Å². The zero-order valence-electron chi connectivity index (χ0n) is 18.6. The van der Waals surface area contributed by atoms with Crippen LogP contribution < -0.4 is 19.9 Å². The molecule has 4 rings (SSSR count). The Morgan fingerprint density at radius 1 is 0.970 bits per heavy atom. The molecular formula is C25H22ClN3O4. The number of anilines is 1. The molecule has 0 aliphatic heterocycles. The van der Waals surface area contributed by atoms with Gasteiger partial charge in [-0.15, -0.1) is 0 Å². The molecule has 0 aliphatic carbocycles. The van der Waals surface area contributed by atoms with E-state index in [1.165, 1.54) is 23.8 Å². The van der Waals surface area contributed by atoms with Gasteiger partial charge in [0.1, 0.15) is 11.5 Å². The lowest BCUT2D eigenvalue weighted by Gasteiger charge is -2.21. The summed E-state index contributed by atoms with van der Waals surface area (Å²) in [6.45, 7) is 1.89. The number of carbonyl (C=O) groups excluding carboxylic acids is 1. The summed E-state index contributed by atoms with van der Waals surface area (Å²) in [5.74, 6) is 0.608. The van der Waals surface area contributed by atoms with Gasteiger partial charge >= 0.3 is 0 Å². The molecule has 0 unspecified atom stereocenters. The zero-order chi connectivity index (χ0) is 23.7. The summed E-state index contributed by atoms with van der Waals surface area (Å²) in [5.41, 5.74) is 1.72. The van der Waals surface area contributed by atoms with E-state index in [0.717, 1.165) is 5.56 Å². The van der Waals surface area contributed by atoms with Crippen molar-refractivity contribution in [2.45, 2.75) is 6.92 Å². The van der Waals surface area contributed by atoms with Gasteiger partial charge in [-0.05, 0) is 30.7 Å². The molecule has 0 atom stereocenters. The van der Waals surface area contributed by atoms with Gasteiger partial charge in [-0.25, -0.2) is 0 Å². The predicted molar refractivity (Wildman–Crippen MR) is 129 cm³/mol. The summed E-state index contributed by atoms with van der Waals surface area (Å²) in [4.78, 5) is 28.4. The summed E-state index contributed by atoms with van der Waals surface area (Å²) in [6, 6.07) is 17.2. The highest BCUT2D eigenvalue weighted by atomic mass is 35.5. The number of methoxy groups -OCH3 is 2. The molecule has 0 bridgehead atoms. The first-order valence-corrected chi connectivity index (χ1v) is 10.5. The second-order valence-corrected chi connectivity index (χ2v) is 7.91. The molecule has 0 radical (unpaired) electrons. The number of hydrogen-bond acceptors (Lipinski definition) is 5. The Labute approximate surface area is 195 Å². The first-order chi connectivity index (χ1) is 15.8. The van der Waals surface area contributed by atoms with Gasteiger partial charge in [0.05, 0.1) is 25.3 Å². The van der Waals surface area contributed by atoms with E-state index in [2.05, 4.69) is 5.10 Å². The smallest absolute Gasteiger partial charge is 0.279 e. The van der Waals surface area contributed by atoms with Crippen molar-refractivity contribution >= 4 is 34.0 Å². The number of aryl methyl sites for hydroxylation is 1. The highest BCUT2D eigenvalue weighted by Gasteiger charge is 2.23. The van der Waals surface area contributed by atoms with Crippen molar-refractivity contribution in [3.05, 3.63) is 87.3 Å². The summed E-state index contributed by atoms with van der Waals surface area (Å²) in [6.07, 6.45) is 0. The fourth-order valence-corrected chi connectivity index (χ4v) is 3.82. The predicted octanol–water partition coefficient (Wildman–Crippen LogP) is 4.64. The molecule has 0 saturated carbocycles. The Morgan fingerprint density at radius 3 is 2.24 bits per heavy atom. The van der Waals surface area contributed by atoms with Crippen LogP contribution in [0.3, 0.4) is 0 Å². The lowest BCUT2D eigenvalue weighted by atomic mass is 10.1. The fourth-order valence-electron chi connectivity index (χ4n) is 3.65. The van der Waals surface area contributed by atoms with Gasteiger partial charge in [0.2, 0.25) is 0 Å². The molecule has 3 aromatic carbocycles. The molecule has 7 nitrogen and oxygen atoms in total.